The van der Waals surface area contributed by atoms with Crippen LogP contribution in [0.5, 0.6) is 0 Å². The molecule has 156 valence electrons. The van der Waals surface area contributed by atoms with E-state index in [-0.39, 0.29) is 6.09 Å². The molecule has 0 bridgehead atoms. The molecule has 2 unspecified atom stereocenters. The Labute approximate surface area is 165 Å². The number of ether oxygens (including phenoxy) is 1. The molecule has 0 aromatic heterocycles. The summed E-state index contributed by atoms with van der Waals surface area (Å²) in [5, 5.41) is 3.62. The topological polar surface area (TPSA) is 48.1 Å². The van der Waals surface area contributed by atoms with E-state index in [0.29, 0.717) is 6.04 Å². The summed E-state index contributed by atoms with van der Waals surface area (Å²) in [7, 11) is 0. The van der Waals surface area contributed by atoms with Crippen LogP contribution in [0.3, 0.4) is 0 Å². The average Bonchev–Trinajstić information content (AvgIpc) is 2.88. The van der Waals surface area contributed by atoms with Crippen LogP contribution < -0.4 is 5.32 Å². The van der Waals surface area contributed by atoms with Gasteiger partial charge in [0.25, 0.3) is 0 Å². The van der Waals surface area contributed by atoms with Crippen LogP contribution in [-0.4, -0.2) is 91.3 Å². The SMILES string of the molecule is CC(C)(C)OC(=O)N1CCCN(C2CNCCC2CN2CCCCC2)CC1. The lowest BCUT2D eigenvalue weighted by molar-refractivity contribution is 0.0248. The van der Waals surface area contributed by atoms with Gasteiger partial charge in [-0.25, -0.2) is 4.79 Å². The Morgan fingerprint density at radius 3 is 2.52 bits per heavy atom. The minimum absolute atomic E-state index is 0.156. The van der Waals surface area contributed by atoms with Crippen LogP contribution in [0.4, 0.5) is 4.79 Å². The first-order valence-corrected chi connectivity index (χ1v) is 11.1. The van der Waals surface area contributed by atoms with Crippen molar-refractivity contribution in [2.24, 2.45) is 5.92 Å². The van der Waals surface area contributed by atoms with Gasteiger partial charge in [-0.2, -0.15) is 0 Å². The lowest BCUT2D eigenvalue weighted by atomic mass is 9.90. The zero-order valence-electron chi connectivity index (χ0n) is 17.7. The fraction of sp³-hybridized carbons (Fsp3) is 0.952. The summed E-state index contributed by atoms with van der Waals surface area (Å²) in [4.78, 5) is 19.7. The lowest BCUT2D eigenvalue weighted by Crippen LogP contribution is -2.55. The van der Waals surface area contributed by atoms with Gasteiger partial charge in [-0.3, -0.25) is 4.90 Å². The molecule has 3 heterocycles. The van der Waals surface area contributed by atoms with Gasteiger partial charge in [0.2, 0.25) is 0 Å². The highest BCUT2D eigenvalue weighted by Gasteiger charge is 2.33. The molecule has 3 saturated heterocycles. The monoisotopic (exact) mass is 380 g/mol. The number of nitrogens with one attached hydrogen (secondary N) is 1. The summed E-state index contributed by atoms with van der Waals surface area (Å²) in [6.07, 6.45) is 6.28. The first-order valence-electron chi connectivity index (χ1n) is 11.1. The number of nitrogens with zero attached hydrogens (tertiary/aromatic N) is 3. The van der Waals surface area contributed by atoms with E-state index in [1.807, 2.05) is 25.7 Å². The number of likely N-dealkylation sites (tertiary alicyclic amines) is 1. The van der Waals surface area contributed by atoms with Crippen LogP contribution in [-0.2, 0) is 4.74 Å². The van der Waals surface area contributed by atoms with Crippen LogP contribution in [0.2, 0.25) is 0 Å². The predicted octanol–water partition coefficient (Wildman–Crippen LogP) is 2.39. The quantitative estimate of drug-likeness (QED) is 0.815. The fourth-order valence-corrected chi connectivity index (χ4v) is 4.79. The van der Waals surface area contributed by atoms with E-state index in [1.165, 1.54) is 45.3 Å². The van der Waals surface area contributed by atoms with Gasteiger partial charge in [0.15, 0.2) is 0 Å². The van der Waals surface area contributed by atoms with Crippen LogP contribution in [0, 0.1) is 5.92 Å². The first-order chi connectivity index (χ1) is 12.9. The van der Waals surface area contributed by atoms with Crippen molar-refractivity contribution in [3.8, 4) is 0 Å². The average molecular weight is 381 g/mol. The second kappa shape index (κ2) is 9.57. The third-order valence-corrected chi connectivity index (χ3v) is 6.18. The molecular formula is C21H40N4O2. The Balaban J connectivity index is 1.55. The number of piperidine rings is 2. The Hall–Kier alpha value is -0.850. The van der Waals surface area contributed by atoms with Gasteiger partial charge in [-0.15, -0.1) is 0 Å². The smallest absolute Gasteiger partial charge is 0.410 e. The van der Waals surface area contributed by atoms with E-state index in [4.69, 9.17) is 4.74 Å². The minimum atomic E-state index is -0.421. The molecule has 0 aliphatic carbocycles. The predicted molar refractivity (Wildman–Crippen MR) is 109 cm³/mol. The van der Waals surface area contributed by atoms with Crippen LogP contribution in [0.25, 0.3) is 0 Å². The van der Waals surface area contributed by atoms with Crippen molar-refractivity contribution < 1.29 is 9.53 Å². The maximum absolute atomic E-state index is 12.4. The fourth-order valence-electron chi connectivity index (χ4n) is 4.79. The number of hydrogen-bond donors (Lipinski definition) is 1. The van der Waals surface area contributed by atoms with Crippen LogP contribution in [0.15, 0.2) is 0 Å². The van der Waals surface area contributed by atoms with Crippen molar-refractivity contribution >= 4 is 6.09 Å². The van der Waals surface area contributed by atoms with Crippen LogP contribution >= 0.6 is 0 Å². The standard InChI is InChI=1S/C21H40N4O2/c1-21(2,3)27-20(26)25-13-7-12-24(14-15-25)19-16-22-9-8-18(19)17-23-10-5-4-6-11-23/h18-19,22H,4-17H2,1-3H3. The molecule has 0 radical (unpaired) electrons. The van der Waals surface area contributed by atoms with E-state index < -0.39 is 5.60 Å². The molecule has 0 spiro atoms. The summed E-state index contributed by atoms with van der Waals surface area (Å²) in [6.45, 7) is 15.5. The largest absolute Gasteiger partial charge is 0.444 e. The van der Waals surface area contributed by atoms with E-state index in [0.717, 1.165) is 51.6 Å². The van der Waals surface area contributed by atoms with E-state index in [1.54, 1.807) is 0 Å². The zero-order valence-corrected chi connectivity index (χ0v) is 17.7. The lowest BCUT2D eigenvalue weighted by Gasteiger charge is -2.42. The summed E-state index contributed by atoms with van der Waals surface area (Å²) in [6, 6.07) is 0.597. The number of amides is 1. The Morgan fingerprint density at radius 1 is 1.00 bits per heavy atom. The molecule has 3 fully saturated rings. The van der Waals surface area contributed by atoms with Crippen molar-refractivity contribution in [2.45, 2.75) is 64.5 Å². The van der Waals surface area contributed by atoms with Gasteiger partial charge in [0, 0.05) is 45.3 Å². The van der Waals surface area contributed by atoms with E-state index in [2.05, 4.69) is 15.1 Å². The molecule has 6 heteroatoms. The molecule has 3 rings (SSSR count). The normalized spacial score (nSPS) is 29.4. The number of carbonyl (C=O) groups is 1. The third-order valence-electron chi connectivity index (χ3n) is 6.18. The van der Waals surface area contributed by atoms with Crippen molar-refractivity contribution in [2.75, 3.05) is 58.9 Å². The van der Waals surface area contributed by atoms with Gasteiger partial charge < -0.3 is 19.9 Å². The minimum Gasteiger partial charge on any atom is -0.444 e. The second-order valence-electron chi connectivity index (χ2n) is 9.54. The molecule has 27 heavy (non-hydrogen) atoms. The molecule has 0 aromatic carbocycles. The first kappa shape index (κ1) is 20.9. The van der Waals surface area contributed by atoms with Gasteiger partial charge in [0.1, 0.15) is 5.60 Å². The molecule has 1 N–H and O–H groups in total. The van der Waals surface area contributed by atoms with Crippen molar-refractivity contribution in [1.29, 1.82) is 0 Å². The summed E-state index contributed by atoms with van der Waals surface area (Å²) >= 11 is 0. The van der Waals surface area contributed by atoms with Crippen molar-refractivity contribution in [1.82, 2.24) is 20.0 Å². The van der Waals surface area contributed by atoms with Gasteiger partial charge >= 0.3 is 6.09 Å². The van der Waals surface area contributed by atoms with Crippen molar-refractivity contribution in [3.05, 3.63) is 0 Å². The molecule has 3 aliphatic heterocycles. The number of carbonyl (C=O) groups excluding carboxylic acids is 1. The van der Waals surface area contributed by atoms with Gasteiger partial charge in [0.05, 0.1) is 0 Å². The third kappa shape index (κ3) is 6.33. The highest BCUT2D eigenvalue weighted by molar-refractivity contribution is 5.68. The molecular weight excluding hydrogens is 340 g/mol. The van der Waals surface area contributed by atoms with Crippen molar-refractivity contribution in [3.63, 3.8) is 0 Å². The maximum atomic E-state index is 12.4. The molecule has 3 aliphatic rings. The Morgan fingerprint density at radius 2 is 1.78 bits per heavy atom. The summed E-state index contributed by atoms with van der Waals surface area (Å²) in [5.41, 5.74) is -0.421. The second-order valence-corrected chi connectivity index (χ2v) is 9.54. The zero-order chi connectivity index (χ0) is 19.3. The molecule has 0 aromatic rings. The number of rotatable bonds is 3. The van der Waals surface area contributed by atoms with Crippen LogP contribution in [0.1, 0.15) is 52.9 Å². The summed E-state index contributed by atoms with van der Waals surface area (Å²) in [5.74, 6) is 0.748. The Bertz CT molecular complexity index is 473. The number of hydrogen-bond acceptors (Lipinski definition) is 5. The van der Waals surface area contributed by atoms with Gasteiger partial charge in [-0.1, -0.05) is 6.42 Å². The van der Waals surface area contributed by atoms with Gasteiger partial charge in [-0.05, 0) is 72.0 Å². The van der Waals surface area contributed by atoms with E-state index in [9.17, 15) is 4.79 Å². The highest BCUT2D eigenvalue weighted by atomic mass is 16.6. The molecule has 2 atom stereocenters. The highest BCUT2D eigenvalue weighted by Crippen LogP contribution is 2.23. The van der Waals surface area contributed by atoms with E-state index >= 15 is 0 Å². The molecule has 1 amide bonds. The molecule has 6 nitrogen and oxygen atoms in total. The summed E-state index contributed by atoms with van der Waals surface area (Å²) < 4.78 is 5.58. The molecule has 0 saturated carbocycles. The Kier molecular flexibility index (Phi) is 7.40. The maximum Gasteiger partial charge on any atom is 0.410 e.